The molecule has 0 saturated carbocycles. The fourth-order valence-electron chi connectivity index (χ4n) is 2.72. The van der Waals surface area contributed by atoms with E-state index in [1.807, 2.05) is 6.92 Å². The van der Waals surface area contributed by atoms with E-state index in [0.717, 1.165) is 0 Å². The van der Waals surface area contributed by atoms with E-state index in [1.54, 1.807) is 29.2 Å². The Morgan fingerprint density at radius 2 is 2.22 bits per heavy atom. The highest BCUT2D eigenvalue weighted by Gasteiger charge is 2.38. The molecule has 1 heterocycles. The summed E-state index contributed by atoms with van der Waals surface area (Å²) >= 11 is 6.63. The van der Waals surface area contributed by atoms with Crippen molar-refractivity contribution < 1.29 is 8.42 Å². The number of hydrogen-bond donors (Lipinski definition) is 0. The number of benzene rings is 1. The van der Waals surface area contributed by atoms with Gasteiger partial charge in [0.1, 0.15) is 0 Å². The van der Waals surface area contributed by atoms with Crippen molar-refractivity contribution in [2.24, 2.45) is 0 Å². The first-order valence-electron chi connectivity index (χ1n) is 7.05. The Balaban J connectivity index is 2.43. The predicted molar refractivity (Wildman–Crippen MR) is 96.1 cm³/mol. The van der Waals surface area contributed by atoms with Gasteiger partial charge in [-0.15, -0.1) is 6.58 Å². The molecule has 124 valence electrons. The van der Waals surface area contributed by atoms with Crippen molar-refractivity contribution in [2.45, 2.75) is 30.3 Å². The lowest BCUT2D eigenvalue weighted by atomic mass is 10.2. The minimum absolute atomic E-state index is 0.0264. The second-order valence-corrected chi connectivity index (χ2v) is 9.06. The third kappa shape index (κ3) is 3.79. The Bertz CT molecular complexity index is 746. The van der Waals surface area contributed by atoms with E-state index >= 15 is 0 Å². The average molecular weight is 463 g/mol. The summed E-state index contributed by atoms with van der Waals surface area (Å²) < 4.78 is 28.9. The Morgan fingerprint density at radius 1 is 1.52 bits per heavy atom. The smallest absolute Gasteiger partial charge is 0.244 e. The van der Waals surface area contributed by atoms with E-state index in [9.17, 15) is 8.42 Å². The lowest BCUT2D eigenvalue weighted by molar-refractivity contribution is 0.339. The molecule has 1 aliphatic rings. The molecule has 1 saturated heterocycles. The van der Waals surface area contributed by atoms with Crippen molar-refractivity contribution >= 4 is 41.9 Å². The number of halogens is 2. The van der Waals surface area contributed by atoms with Gasteiger partial charge in [-0.2, -0.15) is 9.57 Å². The first-order valence-corrected chi connectivity index (χ1v) is 10.1. The van der Waals surface area contributed by atoms with Crippen molar-refractivity contribution in [1.82, 2.24) is 9.21 Å². The Morgan fingerprint density at radius 3 is 2.78 bits per heavy atom. The van der Waals surface area contributed by atoms with Gasteiger partial charge in [-0.1, -0.05) is 22.0 Å². The maximum Gasteiger partial charge on any atom is 0.244 e. The highest BCUT2D eigenvalue weighted by molar-refractivity contribution is 9.11. The Labute approximate surface area is 153 Å². The molecule has 2 rings (SSSR count). The molecule has 0 N–H and O–H groups in total. The summed E-state index contributed by atoms with van der Waals surface area (Å²) in [4.78, 5) is 1.82. The molecule has 0 amide bonds. The van der Waals surface area contributed by atoms with Gasteiger partial charge in [0.2, 0.25) is 10.0 Å². The lowest BCUT2D eigenvalue weighted by Gasteiger charge is -2.27. The summed E-state index contributed by atoms with van der Waals surface area (Å²) in [6, 6.07) is 4.82. The minimum Gasteiger partial charge on any atom is -0.306 e. The monoisotopic (exact) mass is 461 g/mol. The molecular formula is C15H17Br2N3O2S. The molecule has 1 aliphatic heterocycles. The van der Waals surface area contributed by atoms with Crippen molar-refractivity contribution in [1.29, 1.82) is 5.26 Å². The van der Waals surface area contributed by atoms with Crippen molar-refractivity contribution in [3.8, 4) is 6.19 Å². The quantitative estimate of drug-likeness (QED) is 0.497. The van der Waals surface area contributed by atoms with E-state index in [2.05, 4.69) is 44.6 Å². The van der Waals surface area contributed by atoms with Crippen molar-refractivity contribution in [3.63, 3.8) is 0 Å². The SMILES string of the molecule is C=CCN([C@@H]1C[C@H](C)N(C#N)C1)S(=O)(=O)c1cc(Br)ccc1Br. The molecule has 0 unspecified atom stereocenters. The van der Waals surface area contributed by atoms with Crippen LogP contribution in [0.25, 0.3) is 0 Å². The highest BCUT2D eigenvalue weighted by Crippen LogP contribution is 2.32. The van der Waals surface area contributed by atoms with Gasteiger partial charge in [-0.25, -0.2) is 8.42 Å². The molecule has 0 spiro atoms. The lowest BCUT2D eigenvalue weighted by Crippen LogP contribution is -2.41. The molecule has 2 atom stereocenters. The summed E-state index contributed by atoms with van der Waals surface area (Å²) in [6.45, 7) is 6.20. The topological polar surface area (TPSA) is 64.4 Å². The first-order chi connectivity index (χ1) is 10.8. The van der Waals surface area contributed by atoms with Crippen LogP contribution in [-0.2, 0) is 10.0 Å². The molecule has 0 aliphatic carbocycles. The molecule has 5 nitrogen and oxygen atoms in total. The molecular weight excluding hydrogens is 446 g/mol. The van der Waals surface area contributed by atoms with Crippen molar-refractivity contribution in [2.75, 3.05) is 13.1 Å². The first kappa shape index (κ1) is 18.5. The predicted octanol–water partition coefficient (Wildman–Crippen LogP) is 3.33. The van der Waals surface area contributed by atoms with Gasteiger partial charge in [0, 0.05) is 34.1 Å². The van der Waals surface area contributed by atoms with Crippen molar-refractivity contribution in [3.05, 3.63) is 39.8 Å². The van der Waals surface area contributed by atoms with Gasteiger partial charge in [-0.05, 0) is 47.5 Å². The van der Waals surface area contributed by atoms with Gasteiger partial charge in [0.15, 0.2) is 6.19 Å². The van der Waals surface area contributed by atoms with Crippen LogP contribution in [0.4, 0.5) is 0 Å². The fourth-order valence-corrected chi connectivity index (χ4v) is 5.79. The van der Waals surface area contributed by atoms with Gasteiger partial charge in [0.25, 0.3) is 0 Å². The normalized spacial score (nSPS) is 21.4. The van der Waals surface area contributed by atoms with Gasteiger partial charge >= 0.3 is 0 Å². The number of hydrogen-bond acceptors (Lipinski definition) is 4. The Kier molecular flexibility index (Phi) is 5.89. The summed E-state index contributed by atoms with van der Waals surface area (Å²) in [5, 5.41) is 9.14. The molecule has 0 radical (unpaired) electrons. The van der Waals surface area contributed by atoms with E-state index in [-0.39, 0.29) is 23.5 Å². The molecule has 8 heteroatoms. The number of sulfonamides is 1. The van der Waals surface area contributed by atoms with Gasteiger partial charge in [-0.3, -0.25) is 0 Å². The molecule has 1 fully saturated rings. The fraction of sp³-hybridized carbons (Fsp3) is 0.400. The molecule has 23 heavy (non-hydrogen) atoms. The maximum absolute atomic E-state index is 13.1. The second-order valence-electron chi connectivity index (χ2n) is 5.43. The largest absolute Gasteiger partial charge is 0.306 e. The van der Waals surface area contributed by atoms with Crippen LogP contribution in [0.5, 0.6) is 0 Å². The second kappa shape index (κ2) is 7.34. The summed E-state index contributed by atoms with van der Waals surface area (Å²) in [7, 11) is -3.71. The zero-order chi connectivity index (χ0) is 17.2. The minimum atomic E-state index is -3.71. The number of nitrogens with zero attached hydrogens (tertiary/aromatic N) is 3. The van der Waals surface area contributed by atoms with Crippen LogP contribution in [0.2, 0.25) is 0 Å². The molecule has 1 aromatic rings. The van der Waals surface area contributed by atoms with Crippen LogP contribution < -0.4 is 0 Å². The summed E-state index contributed by atoms with van der Waals surface area (Å²) in [5.74, 6) is 0. The van der Waals surface area contributed by atoms with E-state index in [4.69, 9.17) is 5.26 Å². The Hall–Kier alpha value is -0.880. The molecule has 0 aromatic heterocycles. The van der Waals surface area contributed by atoms with Crippen LogP contribution in [0.15, 0.2) is 44.7 Å². The maximum atomic E-state index is 13.1. The highest BCUT2D eigenvalue weighted by atomic mass is 79.9. The molecule has 1 aromatic carbocycles. The number of nitriles is 1. The standard InChI is InChI=1S/C15H17Br2N3O2S/c1-3-6-20(13-7-11(2)19(9-13)10-18)23(21,22)15-8-12(16)4-5-14(15)17/h3-5,8,11,13H,1,6-7,9H2,2H3/t11-,13+/m0/s1. The van der Waals surface area contributed by atoms with Gasteiger partial charge in [0.05, 0.1) is 4.90 Å². The summed E-state index contributed by atoms with van der Waals surface area (Å²) in [6.07, 6.45) is 4.31. The van der Waals surface area contributed by atoms with E-state index < -0.39 is 10.0 Å². The third-order valence-electron chi connectivity index (χ3n) is 3.88. The van der Waals surface area contributed by atoms with Crippen LogP contribution in [-0.4, -0.2) is 42.8 Å². The van der Waals surface area contributed by atoms with E-state index in [1.165, 1.54) is 4.31 Å². The number of rotatable bonds is 5. The number of likely N-dealkylation sites (tertiary alicyclic amines) is 1. The molecule has 0 bridgehead atoms. The van der Waals surface area contributed by atoms with E-state index in [0.29, 0.717) is 21.9 Å². The summed E-state index contributed by atoms with van der Waals surface area (Å²) in [5.41, 5.74) is 0. The zero-order valence-corrected chi connectivity index (χ0v) is 16.6. The van der Waals surface area contributed by atoms with Crippen LogP contribution in [0.3, 0.4) is 0 Å². The van der Waals surface area contributed by atoms with Gasteiger partial charge < -0.3 is 4.90 Å². The average Bonchev–Trinajstić information content (AvgIpc) is 2.87. The third-order valence-corrected chi connectivity index (χ3v) is 7.28. The van der Waals surface area contributed by atoms with Crippen LogP contribution >= 0.6 is 31.9 Å². The van der Waals surface area contributed by atoms with Crippen LogP contribution in [0.1, 0.15) is 13.3 Å². The van der Waals surface area contributed by atoms with Crippen LogP contribution in [0, 0.1) is 11.5 Å². The zero-order valence-electron chi connectivity index (χ0n) is 12.6.